The van der Waals surface area contributed by atoms with Crippen molar-refractivity contribution in [2.45, 2.75) is 32.9 Å². The Hall–Kier alpha value is -1.26. The van der Waals surface area contributed by atoms with Crippen LogP contribution < -0.4 is 0 Å². The summed E-state index contributed by atoms with van der Waals surface area (Å²) in [5.74, 6) is 0.658. The molecule has 1 aliphatic heterocycles. The zero-order valence-corrected chi connectivity index (χ0v) is 13.4. The first kappa shape index (κ1) is 14.7. The Morgan fingerprint density at radius 1 is 1.38 bits per heavy atom. The van der Waals surface area contributed by atoms with Crippen LogP contribution >= 0.6 is 23.2 Å². The number of nitrogens with zero attached hydrogens (tertiary/aromatic N) is 3. The zero-order chi connectivity index (χ0) is 15.0. The van der Waals surface area contributed by atoms with Crippen LogP contribution in [0.4, 0.5) is 0 Å². The Labute approximate surface area is 133 Å². The molecule has 4 nitrogen and oxygen atoms in total. The van der Waals surface area contributed by atoms with Crippen LogP contribution in [0.2, 0.25) is 10.3 Å². The van der Waals surface area contributed by atoms with Gasteiger partial charge in [-0.05, 0) is 42.1 Å². The van der Waals surface area contributed by atoms with Gasteiger partial charge in [0.1, 0.15) is 6.67 Å². The molecule has 6 heteroatoms. The van der Waals surface area contributed by atoms with Gasteiger partial charge in [0, 0.05) is 18.0 Å². The van der Waals surface area contributed by atoms with Crippen molar-refractivity contribution in [3.63, 3.8) is 0 Å². The third-order valence-electron chi connectivity index (χ3n) is 3.97. The smallest absolute Gasteiger partial charge is 0.224 e. The summed E-state index contributed by atoms with van der Waals surface area (Å²) in [6.45, 7) is 3.41. The van der Waals surface area contributed by atoms with Gasteiger partial charge in [0.25, 0.3) is 0 Å². The molecule has 2 aromatic rings. The van der Waals surface area contributed by atoms with E-state index in [2.05, 4.69) is 11.9 Å². The Kier molecular flexibility index (Phi) is 4.09. The standard InChI is InChI=1S/C15H17Cl2N3O/c1-2-3-10-6-14(21)19(8-10)9-20-13-5-4-11(16)7-12(13)18-15(20)17/h4-5,7,10H,2-3,6,8-9H2,1H3. The van der Waals surface area contributed by atoms with E-state index in [0.717, 1.165) is 30.4 Å². The summed E-state index contributed by atoms with van der Waals surface area (Å²) in [7, 11) is 0. The maximum atomic E-state index is 12.1. The van der Waals surface area contributed by atoms with Gasteiger partial charge in [-0.3, -0.25) is 9.36 Å². The number of likely N-dealkylation sites (tertiary alicyclic amines) is 1. The van der Waals surface area contributed by atoms with E-state index in [-0.39, 0.29) is 5.91 Å². The largest absolute Gasteiger partial charge is 0.324 e. The fraction of sp³-hybridized carbons (Fsp3) is 0.467. The number of amides is 1. The minimum Gasteiger partial charge on any atom is -0.324 e. The second-order valence-corrected chi connectivity index (χ2v) is 6.33. The predicted molar refractivity (Wildman–Crippen MR) is 84.5 cm³/mol. The highest BCUT2D eigenvalue weighted by atomic mass is 35.5. The third-order valence-corrected chi connectivity index (χ3v) is 4.49. The minimum absolute atomic E-state index is 0.195. The fourth-order valence-electron chi connectivity index (χ4n) is 2.97. The zero-order valence-electron chi connectivity index (χ0n) is 11.9. The SMILES string of the molecule is CCCC1CC(=O)N(Cn2c(Cl)nc3cc(Cl)ccc32)C1. The van der Waals surface area contributed by atoms with Crippen molar-refractivity contribution >= 4 is 40.1 Å². The van der Waals surface area contributed by atoms with E-state index in [0.29, 0.717) is 29.3 Å². The van der Waals surface area contributed by atoms with E-state index in [1.54, 1.807) is 6.07 Å². The summed E-state index contributed by atoms with van der Waals surface area (Å²) in [5.41, 5.74) is 1.65. The average molecular weight is 326 g/mol. The molecule has 1 aromatic heterocycles. The van der Waals surface area contributed by atoms with E-state index in [1.807, 2.05) is 21.6 Å². The first-order chi connectivity index (χ1) is 10.1. The number of carbonyl (C=O) groups is 1. The second-order valence-electron chi connectivity index (χ2n) is 5.56. The molecule has 0 spiro atoms. The highest BCUT2D eigenvalue weighted by Crippen LogP contribution is 2.27. The lowest BCUT2D eigenvalue weighted by atomic mass is 10.0. The molecule has 2 heterocycles. The highest BCUT2D eigenvalue weighted by Gasteiger charge is 2.29. The topological polar surface area (TPSA) is 38.1 Å². The normalized spacial score (nSPS) is 18.9. The first-order valence-electron chi connectivity index (χ1n) is 7.17. The van der Waals surface area contributed by atoms with Gasteiger partial charge < -0.3 is 4.90 Å². The van der Waals surface area contributed by atoms with Crippen LogP contribution in [0, 0.1) is 5.92 Å². The van der Waals surface area contributed by atoms with E-state index >= 15 is 0 Å². The van der Waals surface area contributed by atoms with Gasteiger partial charge in [-0.15, -0.1) is 0 Å². The molecule has 112 valence electrons. The molecule has 0 radical (unpaired) electrons. The van der Waals surface area contributed by atoms with E-state index < -0.39 is 0 Å². The Balaban J connectivity index is 1.85. The predicted octanol–water partition coefficient (Wildman–Crippen LogP) is 3.95. The molecule has 1 saturated heterocycles. The highest BCUT2D eigenvalue weighted by molar-refractivity contribution is 6.31. The average Bonchev–Trinajstić information content (AvgIpc) is 2.91. The molecule has 0 saturated carbocycles. The van der Waals surface area contributed by atoms with E-state index in [1.165, 1.54) is 0 Å². The van der Waals surface area contributed by atoms with Crippen molar-refractivity contribution in [1.29, 1.82) is 0 Å². The van der Waals surface area contributed by atoms with Crippen molar-refractivity contribution < 1.29 is 4.79 Å². The van der Waals surface area contributed by atoms with E-state index in [9.17, 15) is 4.79 Å². The molecule has 1 amide bonds. The molecule has 1 fully saturated rings. The van der Waals surface area contributed by atoms with Crippen LogP contribution in [0.1, 0.15) is 26.2 Å². The quantitative estimate of drug-likeness (QED) is 0.853. The lowest BCUT2D eigenvalue weighted by Crippen LogP contribution is -2.28. The monoisotopic (exact) mass is 325 g/mol. The summed E-state index contributed by atoms with van der Waals surface area (Å²) in [4.78, 5) is 18.3. The number of hydrogen-bond acceptors (Lipinski definition) is 2. The van der Waals surface area contributed by atoms with Gasteiger partial charge in [-0.25, -0.2) is 4.98 Å². The number of rotatable bonds is 4. The summed E-state index contributed by atoms with van der Waals surface area (Å²) in [5, 5.41) is 1.02. The van der Waals surface area contributed by atoms with E-state index in [4.69, 9.17) is 23.2 Å². The summed E-state index contributed by atoms with van der Waals surface area (Å²) >= 11 is 12.2. The molecular weight excluding hydrogens is 309 g/mol. The molecule has 1 aliphatic rings. The third kappa shape index (κ3) is 2.87. The molecule has 21 heavy (non-hydrogen) atoms. The van der Waals surface area contributed by atoms with Gasteiger partial charge in [-0.2, -0.15) is 0 Å². The molecule has 0 N–H and O–H groups in total. The van der Waals surface area contributed by atoms with Crippen molar-refractivity contribution in [2.75, 3.05) is 6.54 Å². The lowest BCUT2D eigenvalue weighted by Gasteiger charge is -2.18. The van der Waals surface area contributed by atoms with Crippen molar-refractivity contribution in [3.05, 3.63) is 28.5 Å². The molecule has 0 aliphatic carbocycles. The fourth-order valence-corrected chi connectivity index (χ4v) is 3.37. The van der Waals surface area contributed by atoms with Crippen molar-refractivity contribution in [1.82, 2.24) is 14.5 Å². The second kappa shape index (κ2) is 5.85. The molecule has 1 aromatic carbocycles. The number of imidazole rings is 1. The molecule has 0 bridgehead atoms. The maximum Gasteiger partial charge on any atom is 0.224 e. The number of halogens is 2. The summed E-state index contributed by atoms with van der Waals surface area (Å²) in [6.07, 6.45) is 2.85. The number of carbonyl (C=O) groups excluding carboxylic acids is 1. The van der Waals surface area contributed by atoms with Crippen LogP contribution in [-0.2, 0) is 11.5 Å². The number of benzene rings is 1. The maximum absolute atomic E-state index is 12.1. The lowest BCUT2D eigenvalue weighted by molar-refractivity contribution is -0.129. The number of aromatic nitrogens is 2. The van der Waals surface area contributed by atoms with Gasteiger partial charge in [-0.1, -0.05) is 24.9 Å². The first-order valence-corrected chi connectivity index (χ1v) is 7.93. The van der Waals surface area contributed by atoms with Crippen LogP contribution in [0.25, 0.3) is 11.0 Å². The van der Waals surface area contributed by atoms with Crippen molar-refractivity contribution in [2.24, 2.45) is 5.92 Å². The minimum atomic E-state index is 0.195. The molecule has 3 rings (SSSR count). The van der Waals surface area contributed by atoms with Crippen LogP contribution in [0.5, 0.6) is 0 Å². The Morgan fingerprint density at radius 2 is 2.19 bits per heavy atom. The molecule has 1 unspecified atom stereocenters. The van der Waals surface area contributed by atoms with Gasteiger partial charge in [0.15, 0.2) is 0 Å². The van der Waals surface area contributed by atoms with Crippen LogP contribution in [0.3, 0.4) is 0 Å². The number of hydrogen-bond donors (Lipinski definition) is 0. The van der Waals surface area contributed by atoms with Crippen LogP contribution in [-0.4, -0.2) is 26.9 Å². The Morgan fingerprint density at radius 3 is 2.95 bits per heavy atom. The van der Waals surface area contributed by atoms with Gasteiger partial charge in [0.05, 0.1) is 11.0 Å². The van der Waals surface area contributed by atoms with Crippen LogP contribution in [0.15, 0.2) is 18.2 Å². The van der Waals surface area contributed by atoms with Gasteiger partial charge in [0.2, 0.25) is 11.2 Å². The summed E-state index contributed by atoms with van der Waals surface area (Å²) < 4.78 is 1.86. The molecule has 1 atom stereocenters. The molecular formula is C15H17Cl2N3O. The Bertz CT molecular complexity index is 683. The van der Waals surface area contributed by atoms with Gasteiger partial charge >= 0.3 is 0 Å². The number of fused-ring (bicyclic) bond motifs is 1. The summed E-state index contributed by atoms with van der Waals surface area (Å²) in [6, 6.07) is 5.48. The van der Waals surface area contributed by atoms with Crippen molar-refractivity contribution in [3.8, 4) is 0 Å².